The molecule has 0 aliphatic carbocycles. The van der Waals surface area contributed by atoms with Crippen LogP contribution in [0.4, 0.5) is 18.0 Å². The fourth-order valence-corrected chi connectivity index (χ4v) is 1.97. The topological polar surface area (TPSA) is 79.3 Å². The minimum atomic E-state index is -4.66. The van der Waals surface area contributed by atoms with Crippen molar-refractivity contribution < 1.29 is 22.8 Å². The summed E-state index contributed by atoms with van der Waals surface area (Å²) < 4.78 is 40.4. The Balaban J connectivity index is 2.12. The van der Waals surface area contributed by atoms with E-state index >= 15 is 0 Å². The molecule has 1 fully saturated rings. The van der Waals surface area contributed by atoms with Gasteiger partial charge in [0.2, 0.25) is 5.91 Å². The summed E-state index contributed by atoms with van der Waals surface area (Å²) >= 11 is 0. The van der Waals surface area contributed by atoms with E-state index in [0.717, 1.165) is 11.1 Å². The molecule has 2 heterocycles. The molecule has 0 bridgehead atoms. The zero-order chi connectivity index (χ0) is 15.6. The summed E-state index contributed by atoms with van der Waals surface area (Å²) in [6.45, 7) is 0.120. The summed E-state index contributed by atoms with van der Waals surface area (Å²) in [6.07, 6.45) is -2.43. The summed E-state index contributed by atoms with van der Waals surface area (Å²) in [5.41, 5.74) is -0.167. The van der Waals surface area contributed by atoms with Gasteiger partial charge in [-0.15, -0.1) is 0 Å². The van der Waals surface area contributed by atoms with E-state index < -0.39 is 24.2 Å². The van der Waals surface area contributed by atoms with Crippen LogP contribution in [0.1, 0.15) is 11.6 Å². The fourth-order valence-electron chi connectivity index (χ4n) is 1.97. The molecule has 7 nitrogen and oxygen atoms in total. The van der Waals surface area contributed by atoms with E-state index in [1.54, 1.807) is 0 Å². The maximum atomic E-state index is 13.1. The van der Waals surface area contributed by atoms with Crippen LogP contribution >= 0.6 is 0 Å². The molecular weight excluding hydrogens is 291 g/mol. The zero-order valence-electron chi connectivity index (χ0n) is 11.1. The van der Waals surface area contributed by atoms with Crippen LogP contribution in [0.15, 0.2) is 12.4 Å². The van der Waals surface area contributed by atoms with E-state index in [1.165, 1.54) is 17.9 Å². The number of aryl methyl sites for hydroxylation is 1. The van der Waals surface area contributed by atoms with Gasteiger partial charge < -0.3 is 15.5 Å². The molecule has 1 aromatic rings. The number of rotatable bonds is 2. The Morgan fingerprint density at radius 2 is 2.24 bits per heavy atom. The molecule has 1 aromatic heterocycles. The second-order valence-electron chi connectivity index (χ2n) is 4.64. The van der Waals surface area contributed by atoms with Gasteiger partial charge in [0.05, 0.1) is 6.20 Å². The maximum absolute atomic E-state index is 13.1. The third-order valence-corrected chi connectivity index (χ3v) is 2.98. The van der Waals surface area contributed by atoms with Crippen molar-refractivity contribution in [3.8, 4) is 0 Å². The number of hydrogen-bond donors (Lipinski definition) is 2. The molecule has 2 rings (SSSR count). The molecule has 0 radical (unpaired) electrons. The average Bonchev–Trinajstić information content (AvgIpc) is 2.80. The van der Waals surface area contributed by atoms with Crippen LogP contribution in [0.3, 0.4) is 0 Å². The van der Waals surface area contributed by atoms with Crippen molar-refractivity contribution in [3.63, 3.8) is 0 Å². The molecule has 1 aliphatic rings. The molecule has 1 saturated heterocycles. The highest BCUT2D eigenvalue weighted by molar-refractivity contribution is 5.85. The Hall–Kier alpha value is -2.26. The first-order valence-electron chi connectivity index (χ1n) is 6.15. The van der Waals surface area contributed by atoms with Crippen LogP contribution in [0.5, 0.6) is 0 Å². The lowest BCUT2D eigenvalue weighted by molar-refractivity contribution is -0.155. The Bertz CT molecular complexity index is 542. The van der Waals surface area contributed by atoms with E-state index in [0.29, 0.717) is 0 Å². The van der Waals surface area contributed by atoms with Crippen LogP contribution in [0.25, 0.3) is 0 Å². The van der Waals surface area contributed by atoms with Gasteiger partial charge in [-0.1, -0.05) is 0 Å². The summed E-state index contributed by atoms with van der Waals surface area (Å²) in [5.74, 6) is -0.402. The molecule has 1 aliphatic heterocycles. The van der Waals surface area contributed by atoms with Gasteiger partial charge in [-0.25, -0.2) is 4.79 Å². The van der Waals surface area contributed by atoms with Gasteiger partial charge in [-0.05, 0) is 0 Å². The highest BCUT2D eigenvalue weighted by Crippen LogP contribution is 2.32. The number of halogens is 3. The summed E-state index contributed by atoms with van der Waals surface area (Å²) in [7, 11) is 1.48. The number of urea groups is 1. The van der Waals surface area contributed by atoms with Gasteiger partial charge in [0, 0.05) is 31.9 Å². The van der Waals surface area contributed by atoms with Gasteiger partial charge in [0.15, 0.2) is 6.04 Å². The van der Waals surface area contributed by atoms with E-state index in [9.17, 15) is 22.8 Å². The van der Waals surface area contributed by atoms with Crippen molar-refractivity contribution in [3.05, 3.63) is 18.0 Å². The van der Waals surface area contributed by atoms with Gasteiger partial charge in [-0.3, -0.25) is 9.48 Å². The van der Waals surface area contributed by atoms with Gasteiger partial charge >= 0.3 is 12.2 Å². The van der Waals surface area contributed by atoms with Gasteiger partial charge in [0.25, 0.3) is 0 Å². The Kier molecular flexibility index (Phi) is 4.05. The lowest BCUT2D eigenvalue weighted by Gasteiger charge is -2.29. The van der Waals surface area contributed by atoms with Crippen LogP contribution in [0, 0.1) is 0 Å². The zero-order valence-corrected chi connectivity index (χ0v) is 11.1. The van der Waals surface area contributed by atoms with Crippen molar-refractivity contribution >= 4 is 11.9 Å². The number of amides is 3. The molecule has 2 N–H and O–H groups in total. The number of aromatic nitrogens is 2. The molecular formula is C11H14F3N5O2. The monoisotopic (exact) mass is 305 g/mol. The van der Waals surface area contributed by atoms with Crippen LogP contribution in [-0.4, -0.2) is 52.4 Å². The van der Waals surface area contributed by atoms with Gasteiger partial charge in [0.1, 0.15) is 6.54 Å². The molecule has 21 heavy (non-hydrogen) atoms. The number of hydrogen-bond acceptors (Lipinski definition) is 3. The summed E-state index contributed by atoms with van der Waals surface area (Å²) in [6, 6.07) is -3.10. The summed E-state index contributed by atoms with van der Waals surface area (Å²) in [4.78, 5) is 24.1. The predicted octanol–water partition coefficient (Wildman–Crippen LogP) is 0.165. The van der Waals surface area contributed by atoms with E-state index in [1.807, 2.05) is 5.32 Å². The number of nitrogens with one attached hydrogen (secondary N) is 2. The second kappa shape index (κ2) is 5.62. The number of carbonyl (C=O) groups excluding carboxylic acids is 2. The predicted molar refractivity (Wildman–Crippen MR) is 65.1 cm³/mol. The molecule has 1 unspecified atom stereocenters. The van der Waals surface area contributed by atoms with E-state index in [-0.39, 0.29) is 25.2 Å². The van der Waals surface area contributed by atoms with Gasteiger partial charge in [-0.2, -0.15) is 18.3 Å². The standard InChI is InChI=1S/C11H14F3N5O2/c1-18-5-7(4-16-18)9(11(12,13)14)17-10(21)19-3-2-15-8(20)6-19/h4-5,9H,2-3,6H2,1H3,(H,15,20)(H,17,21). The van der Waals surface area contributed by atoms with Crippen molar-refractivity contribution in [2.24, 2.45) is 7.05 Å². The number of carbonyl (C=O) groups is 2. The highest BCUT2D eigenvalue weighted by atomic mass is 19.4. The first-order chi connectivity index (χ1) is 9.77. The lowest BCUT2D eigenvalue weighted by Crippen LogP contribution is -2.54. The molecule has 3 amide bonds. The van der Waals surface area contributed by atoms with Crippen molar-refractivity contribution in [1.82, 2.24) is 25.3 Å². The molecule has 116 valence electrons. The molecule has 0 aromatic carbocycles. The molecule has 10 heteroatoms. The third kappa shape index (κ3) is 3.64. The second-order valence-corrected chi connectivity index (χ2v) is 4.64. The van der Waals surface area contributed by atoms with Crippen LogP contribution in [-0.2, 0) is 11.8 Å². The minimum Gasteiger partial charge on any atom is -0.353 e. The van der Waals surface area contributed by atoms with Crippen molar-refractivity contribution in [2.45, 2.75) is 12.2 Å². The van der Waals surface area contributed by atoms with E-state index in [2.05, 4.69) is 10.4 Å². The number of alkyl halides is 3. The number of nitrogens with zero attached hydrogens (tertiary/aromatic N) is 3. The Labute approximate surface area is 118 Å². The summed E-state index contributed by atoms with van der Waals surface area (Å²) in [5, 5.41) is 8.07. The largest absolute Gasteiger partial charge is 0.413 e. The minimum absolute atomic E-state index is 0.162. The van der Waals surface area contributed by atoms with E-state index in [4.69, 9.17) is 0 Å². The SMILES string of the molecule is Cn1cc(C(NC(=O)N2CCNC(=O)C2)C(F)(F)F)cn1. The first kappa shape index (κ1) is 15.1. The average molecular weight is 305 g/mol. The fraction of sp³-hybridized carbons (Fsp3) is 0.545. The highest BCUT2D eigenvalue weighted by Gasteiger charge is 2.43. The maximum Gasteiger partial charge on any atom is 0.413 e. The molecule has 1 atom stereocenters. The Morgan fingerprint density at radius 3 is 2.76 bits per heavy atom. The number of piperazine rings is 1. The Morgan fingerprint density at radius 1 is 1.52 bits per heavy atom. The van der Waals surface area contributed by atoms with Crippen LogP contribution in [0.2, 0.25) is 0 Å². The quantitative estimate of drug-likeness (QED) is 0.817. The third-order valence-electron chi connectivity index (χ3n) is 2.98. The molecule has 0 saturated carbocycles. The lowest BCUT2D eigenvalue weighted by atomic mass is 10.1. The first-order valence-corrected chi connectivity index (χ1v) is 6.15. The normalized spacial score (nSPS) is 17.3. The van der Waals surface area contributed by atoms with Crippen LogP contribution < -0.4 is 10.6 Å². The van der Waals surface area contributed by atoms with Crippen molar-refractivity contribution in [2.75, 3.05) is 19.6 Å². The molecule has 0 spiro atoms. The van der Waals surface area contributed by atoms with Crippen molar-refractivity contribution in [1.29, 1.82) is 0 Å². The smallest absolute Gasteiger partial charge is 0.353 e.